The Balaban J connectivity index is 1.21. The van der Waals surface area contributed by atoms with Gasteiger partial charge in [-0.2, -0.15) is 0 Å². The largest absolute Gasteiger partial charge is 0.0730 e. The molecule has 0 atom stereocenters. The summed E-state index contributed by atoms with van der Waals surface area (Å²) in [6.07, 6.45) is 20.5. The molecule has 0 heterocycles. The zero-order chi connectivity index (χ0) is 23.6. The minimum Gasteiger partial charge on any atom is -0.0730 e. The second kappa shape index (κ2) is 13.0. The van der Waals surface area contributed by atoms with Crippen molar-refractivity contribution in [2.45, 2.75) is 103 Å². The van der Waals surface area contributed by atoms with E-state index < -0.39 is 0 Å². The van der Waals surface area contributed by atoms with Crippen molar-refractivity contribution in [1.29, 1.82) is 0 Å². The highest BCUT2D eigenvalue weighted by molar-refractivity contribution is 5.39. The number of hydrogen-bond acceptors (Lipinski definition) is 0. The van der Waals surface area contributed by atoms with E-state index >= 15 is 0 Å². The third-order valence-electron chi connectivity index (χ3n) is 8.49. The molecule has 2 fully saturated rings. The third kappa shape index (κ3) is 7.12. The average molecular weight is 453 g/mol. The quantitative estimate of drug-likeness (QED) is 0.367. The molecule has 0 saturated heterocycles. The zero-order valence-electron chi connectivity index (χ0n) is 21.6. The minimum atomic E-state index is 0.690. The Kier molecular flexibility index (Phi) is 9.50. The summed E-state index contributed by atoms with van der Waals surface area (Å²) in [5, 5.41) is 0. The summed E-state index contributed by atoms with van der Waals surface area (Å²) in [5.41, 5.74) is 5.64. The van der Waals surface area contributed by atoms with Crippen LogP contribution < -0.4 is 0 Å². The Bertz CT molecular complexity index is 934. The molecule has 34 heavy (non-hydrogen) atoms. The topological polar surface area (TPSA) is 0 Å². The first-order valence-corrected chi connectivity index (χ1v) is 14.1. The molecule has 2 aromatic carbocycles. The van der Waals surface area contributed by atoms with Gasteiger partial charge in [0.1, 0.15) is 0 Å². The Hall–Kier alpha value is -2.26. The predicted molar refractivity (Wildman–Crippen MR) is 147 cm³/mol. The van der Waals surface area contributed by atoms with E-state index in [0.29, 0.717) is 5.92 Å². The Labute approximate surface area is 209 Å². The van der Waals surface area contributed by atoms with E-state index in [9.17, 15) is 0 Å². The summed E-state index contributed by atoms with van der Waals surface area (Å²) >= 11 is 0. The van der Waals surface area contributed by atoms with Gasteiger partial charge in [0.2, 0.25) is 0 Å². The standard InChI is InChI=1S/C34H44/c1-3-5-8-28-13-21-33(22-14-28)34-25-17-30(18-26-34)10-7-6-9-29-15-23-32(24-16-29)31-19-11-27(4-2)12-20-31/h6,9,11-12,17-20,25-26,28-29,32-33H,3-5,8,13-16,21-24H2,1-2H3/b9-6+/t28-,29-,32-,33-. The van der Waals surface area contributed by atoms with Crippen LogP contribution in [0.3, 0.4) is 0 Å². The highest BCUT2D eigenvalue weighted by Gasteiger charge is 2.22. The van der Waals surface area contributed by atoms with Crippen LogP contribution in [0.2, 0.25) is 0 Å². The van der Waals surface area contributed by atoms with E-state index in [1.54, 1.807) is 0 Å². The molecule has 0 aliphatic heterocycles. The Morgan fingerprint density at radius 2 is 1.32 bits per heavy atom. The molecule has 0 unspecified atom stereocenters. The van der Waals surface area contributed by atoms with Crippen LogP contribution in [0.25, 0.3) is 0 Å². The molecule has 2 aliphatic rings. The fraction of sp³-hybridized carbons (Fsp3) is 0.529. The fourth-order valence-corrected chi connectivity index (χ4v) is 6.10. The van der Waals surface area contributed by atoms with E-state index in [2.05, 4.69) is 86.4 Å². The van der Waals surface area contributed by atoms with Crippen LogP contribution >= 0.6 is 0 Å². The summed E-state index contributed by atoms with van der Waals surface area (Å²) in [4.78, 5) is 0. The highest BCUT2D eigenvalue weighted by Crippen LogP contribution is 2.38. The molecule has 0 radical (unpaired) electrons. The second-order valence-electron chi connectivity index (χ2n) is 10.8. The van der Waals surface area contributed by atoms with Crippen LogP contribution in [-0.4, -0.2) is 0 Å². The smallest absolute Gasteiger partial charge is 0.0249 e. The van der Waals surface area contributed by atoms with Crippen LogP contribution in [0.4, 0.5) is 0 Å². The van der Waals surface area contributed by atoms with Crippen molar-refractivity contribution in [1.82, 2.24) is 0 Å². The molecular weight excluding hydrogens is 408 g/mol. The van der Waals surface area contributed by atoms with Gasteiger partial charge in [-0.3, -0.25) is 0 Å². The first kappa shape index (κ1) is 24.9. The zero-order valence-corrected chi connectivity index (χ0v) is 21.6. The summed E-state index contributed by atoms with van der Waals surface area (Å²) in [6.45, 7) is 4.54. The number of rotatable bonds is 7. The molecular formula is C34H44. The van der Waals surface area contributed by atoms with Gasteiger partial charge in [-0.05, 0) is 116 Å². The van der Waals surface area contributed by atoms with Crippen molar-refractivity contribution >= 4 is 0 Å². The van der Waals surface area contributed by atoms with E-state index in [4.69, 9.17) is 0 Å². The molecule has 2 saturated carbocycles. The van der Waals surface area contributed by atoms with E-state index in [1.165, 1.54) is 87.3 Å². The summed E-state index contributed by atoms with van der Waals surface area (Å²) < 4.78 is 0. The van der Waals surface area contributed by atoms with Gasteiger partial charge < -0.3 is 0 Å². The molecule has 180 valence electrons. The van der Waals surface area contributed by atoms with Crippen LogP contribution in [0.1, 0.15) is 119 Å². The fourth-order valence-electron chi connectivity index (χ4n) is 6.10. The number of hydrogen-bond donors (Lipinski definition) is 0. The lowest BCUT2D eigenvalue weighted by atomic mass is 9.77. The second-order valence-corrected chi connectivity index (χ2v) is 10.8. The lowest BCUT2D eigenvalue weighted by Gasteiger charge is -2.28. The van der Waals surface area contributed by atoms with Crippen molar-refractivity contribution in [2.24, 2.45) is 11.8 Å². The van der Waals surface area contributed by atoms with Crippen LogP contribution in [0.5, 0.6) is 0 Å². The predicted octanol–water partition coefficient (Wildman–Crippen LogP) is 9.59. The van der Waals surface area contributed by atoms with Crippen molar-refractivity contribution in [3.63, 3.8) is 0 Å². The molecule has 2 aromatic rings. The van der Waals surface area contributed by atoms with Crippen molar-refractivity contribution in [2.75, 3.05) is 0 Å². The van der Waals surface area contributed by atoms with Crippen molar-refractivity contribution in [3.8, 4) is 11.8 Å². The normalized spacial score (nSPS) is 25.1. The number of allylic oxidation sites excluding steroid dienone is 2. The summed E-state index contributed by atoms with van der Waals surface area (Å²) in [6, 6.07) is 18.5. The summed E-state index contributed by atoms with van der Waals surface area (Å²) in [5.74, 6) is 9.83. The number of benzene rings is 2. The van der Waals surface area contributed by atoms with Gasteiger partial charge >= 0.3 is 0 Å². The first-order valence-electron chi connectivity index (χ1n) is 14.1. The summed E-state index contributed by atoms with van der Waals surface area (Å²) in [7, 11) is 0. The number of unbranched alkanes of at least 4 members (excludes halogenated alkanes) is 1. The molecule has 0 spiro atoms. The first-order chi connectivity index (χ1) is 16.7. The molecule has 0 aromatic heterocycles. The van der Waals surface area contributed by atoms with Gasteiger partial charge in [0.05, 0.1) is 0 Å². The maximum atomic E-state index is 3.35. The average Bonchev–Trinajstić information content (AvgIpc) is 2.91. The SMILES string of the molecule is CCCC[C@H]1CC[C@H](c2ccc(C#C/C=C/[C@H]3CC[C@H](c4ccc(CC)cc4)CC3)cc2)CC1. The Morgan fingerprint density at radius 1 is 0.735 bits per heavy atom. The van der Waals surface area contributed by atoms with Gasteiger partial charge in [0, 0.05) is 5.56 Å². The van der Waals surface area contributed by atoms with Crippen LogP contribution in [0.15, 0.2) is 60.7 Å². The van der Waals surface area contributed by atoms with E-state index in [1.807, 2.05) is 0 Å². The lowest BCUT2D eigenvalue weighted by Crippen LogP contribution is -2.13. The molecule has 0 bridgehead atoms. The van der Waals surface area contributed by atoms with Crippen molar-refractivity contribution < 1.29 is 0 Å². The molecule has 0 N–H and O–H groups in total. The van der Waals surface area contributed by atoms with Gasteiger partial charge in [-0.15, -0.1) is 0 Å². The molecule has 0 heteroatoms. The number of aryl methyl sites for hydroxylation is 1. The third-order valence-corrected chi connectivity index (χ3v) is 8.49. The van der Waals surface area contributed by atoms with Crippen LogP contribution in [0, 0.1) is 23.7 Å². The maximum Gasteiger partial charge on any atom is 0.0249 e. The monoisotopic (exact) mass is 452 g/mol. The van der Waals surface area contributed by atoms with Crippen molar-refractivity contribution in [3.05, 3.63) is 82.9 Å². The molecule has 0 nitrogen and oxygen atoms in total. The molecule has 4 rings (SSSR count). The van der Waals surface area contributed by atoms with Gasteiger partial charge in [0.15, 0.2) is 0 Å². The van der Waals surface area contributed by atoms with Gasteiger partial charge in [-0.1, -0.05) is 87.4 Å². The minimum absolute atomic E-state index is 0.690. The van der Waals surface area contributed by atoms with Crippen LogP contribution in [-0.2, 0) is 6.42 Å². The van der Waals surface area contributed by atoms with E-state index in [-0.39, 0.29) is 0 Å². The van der Waals surface area contributed by atoms with Gasteiger partial charge in [-0.25, -0.2) is 0 Å². The van der Waals surface area contributed by atoms with Gasteiger partial charge in [0.25, 0.3) is 0 Å². The maximum absolute atomic E-state index is 3.35. The lowest BCUT2D eigenvalue weighted by molar-refractivity contribution is 0.304. The highest BCUT2D eigenvalue weighted by atomic mass is 14.3. The molecule has 2 aliphatic carbocycles. The Morgan fingerprint density at radius 3 is 1.91 bits per heavy atom. The van der Waals surface area contributed by atoms with E-state index in [0.717, 1.165) is 29.7 Å². The molecule has 0 amide bonds.